The summed E-state index contributed by atoms with van der Waals surface area (Å²) >= 11 is 6.15. The third kappa shape index (κ3) is 4.37. The molecule has 2 rings (SSSR count). The normalized spacial score (nSPS) is 18.3. The maximum atomic E-state index is 9.48. The van der Waals surface area contributed by atoms with Gasteiger partial charge in [0.2, 0.25) is 0 Å². The van der Waals surface area contributed by atoms with Crippen molar-refractivity contribution in [2.75, 3.05) is 26.2 Å². The van der Waals surface area contributed by atoms with Gasteiger partial charge in [0.05, 0.1) is 11.1 Å². The standard InChI is InChI=1S/C15H22ClNO2/c1-12(18)13-5-6-15(14(16)11-13)19-10-9-17-7-3-2-4-8-17/h5-6,11-12,18H,2-4,7-10H2,1H3/t12-/m0/s1. The Bertz CT molecular complexity index is 403. The molecule has 0 spiro atoms. The number of aliphatic hydroxyl groups excluding tert-OH is 1. The number of hydrogen-bond donors (Lipinski definition) is 1. The fourth-order valence-electron chi connectivity index (χ4n) is 2.36. The lowest BCUT2D eigenvalue weighted by Crippen LogP contribution is -2.33. The molecule has 19 heavy (non-hydrogen) atoms. The highest BCUT2D eigenvalue weighted by molar-refractivity contribution is 6.32. The predicted octanol–water partition coefficient (Wildman–Crippen LogP) is 3.26. The number of rotatable bonds is 5. The van der Waals surface area contributed by atoms with Gasteiger partial charge in [-0.3, -0.25) is 4.90 Å². The Balaban J connectivity index is 1.82. The first-order chi connectivity index (χ1) is 9.16. The Hall–Kier alpha value is -0.770. The highest BCUT2D eigenvalue weighted by Crippen LogP contribution is 2.27. The van der Waals surface area contributed by atoms with Crippen molar-refractivity contribution in [2.45, 2.75) is 32.3 Å². The minimum Gasteiger partial charge on any atom is -0.491 e. The molecule has 1 aromatic carbocycles. The first kappa shape index (κ1) is 14.6. The fourth-order valence-corrected chi connectivity index (χ4v) is 2.61. The quantitative estimate of drug-likeness (QED) is 0.900. The van der Waals surface area contributed by atoms with Gasteiger partial charge in [-0.1, -0.05) is 24.1 Å². The Morgan fingerprint density at radius 3 is 2.68 bits per heavy atom. The minimum atomic E-state index is -0.500. The van der Waals surface area contributed by atoms with Crippen LogP contribution in [0.25, 0.3) is 0 Å². The molecular formula is C15H22ClNO2. The van der Waals surface area contributed by atoms with Crippen molar-refractivity contribution in [3.63, 3.8) is 0 Å². The van der Waals surface area contributed by atoms with E-state index in [1.54, 1.807) is 13.0 Å². The molecule has 4 heteroatoms. The average molecular weight is 284 g/mol. The number of ether oxygens (including phenoxy) is 1. The van der Waals surface area contributed by atoms with Crippen molar-refractivity contribution < 1.29 is 9.84 Å². The third-order valence-electron chi connectivity index (χ3n) is 3.55. The first-order valence-corrected chi connectivity index (χ1v) is 7.37. The molecule has 1 atom stereocenters. The lowest BCUT2D eigenvalue weighted by Gasteiger charge is -2.26. The van der Waals surface area contributed by atoms with Crippen molar-refractivity contribution in [2.24, 2.45) is 0 Å². The van der Waals surface area contributed by atoms with E-state index in [1.165, 1.54) is 32.4 Å². The van der Waals surface area contributed by atoms with Crippen molar-refractivity contribution >= 4 is 11.6 Å². The van der Waals surface area contributed by atoms with E-state index >= 15 is 0 Å². The molecule has 1 heterocycles. The molecule has 3 nitrogen and oxygen atoms in total. The SMILES string of the molecule is C[C@H](O)c1ccc(OCCN2CCCCC2)c(Cl)c1. The highest BCUT2D eigenvalue weighted by atomic mass is 35.5. The summed E-state index contributed by atoms with van der Waals surface area (Å²) in [5, 5.41) is 10.0. The molecule has 1 aliphatic rings. The van der Waals surface area contributed by atoms with Gasteiger partial charge in [-0.05, 0) is 50.6 Å². The molecule has 0 unspecified atom stereocenters. The topological polar surface area (TPSA) is 32.7 Å². The van der Waals surface area contributed by atoms with Gasteiger partial charge in [0.15, 0.2) is 0 Å². The van der Waals surface area contributed by atoms with Gasteiger partial charge in [-0.15, -0.1) is 0 Å². The summed E-state index contributed by atoms with van der Waals surface area (Å²) in [4.78, 5) is 2.43. The van der Waals surface area contributed by atoms with Gasteiger partial charge >= 0.3 is 0 Å². The summed E-state index contributed by atoms with van der Waals surface area (Å²) in [6.45, 7) is 5.70. The number of benzene rings is 1. The van der Waals surface area contributed by atoms with Gasteiger partial charge in [-0.2, -0.15) is 0 Å². The number of likely N-dealkylation sites (tertiary alicyclic amines) is 1. The van der Waals surface area contributed by atoms with E-state index in [4.69, 9.17) is 16.3 Å². The van der Waals surface area contributed by atoms with E-state index in [9.17, 15) is 5.11 Å². The molecular weight excluding hydrogens is 262 g/mol. The summed E-state index contributed by atoms with van der Waals surface area (Å²) in [6, 6.07) is 5.45. The maximum Gasteiger partial charge on any atom is 0.137 e. The zero-order valence-electron chi connectivity index (χ0n) is 11.4. The van der Waals surface area contributed by atoms with Crippen LogP contribution in [0.2, 0.25) is 5.02 Å². The molecule has 0 saturated carbocycles. The van der Waals surface area contributed by atoms with Gasteiger partial charge in [0.1, 0.15) is 12.4 Å². The summed E-state index contributed by atoms with van der Waals surface area (Å²) in [5.74, 6) is 0.697. The molecule has 0 radical (unpaired) electrons. The molecule has 1 aliphatic heterocycles. The van der Waals surface area contributed by atoms with Gasteiger partial charge < -0.3 is 9.84 Å². The minimum absolute atomic E-state index is 0.500. The number of aliphatic hydroxyl groups is 1. The molecule has 1 fully saturated rings. The van der Waals surface area contributed by atoms with Gasteiger partial charge in [0, 0.05) is 6.54 Å². The zero-order valence-corrected chi connectivity index (χ0v) is 12.2. The summed E-state index contributed by atoms with van der Waals surface area (Å²) < 4.78 is 5.72. The average Bonchev–Trinajstić information content (AvgIpc) is 2.41. The largest absolute Gasteiger partial charge is 0.491 e. The van der Waals surface area contributed by atoms with Crippen LogP contribution in [-0.2, 0) is 0 Å². The monoisotopic (exact) mass is 283 g/mol. The Morgan fingerprint density at radius 2 is 2.05 bits per heavy atom. The van der Waals surface area contributed by atoms with Crippen molar-refractivity contribution in [3.8, 4) is 5.75 Å². The van der Waals surface area contributed by atoms with Crippen LogP contribution in [0.3, 0.4) is 0 Å². The zero-order chi connectivity index (χ0) is 13.7. The van der Waals surface area contributed by atoms with E-state index in [2.05, 4.69) is 4.90 Å². The number of piperidine rings is 1. The highest BCUT2D eigenvalue weighted by Gasteiger charge is 2.10. The van der Waals surface area contributed by atoms with Gasteiger partial charge in [-0.25, -0.2) is 0 Å². The van der Waals surface area contributed by atoms with E-state index in [0.29, 0.717) is 17.4 Å². The first-order valence-electron chi connectivity index (χ1n) is 6.99. The van der Waals surface area contributed by atoms with Crippen LogP contribution in [-0.4, -0.2) is 36.2 Å². The molecule has 0 bridgehead atoms. The number of nitrogens with zero attached hydrogens (tertiary/aromatic N) is 1. The molecule has 0 amide bonds. The lowest BCUT2D eigenvalue weighted by molar-refractivity contribution is 0.183. The third-order valence-corrected chi connectivity index (χ3v) is 3.85. The van der Waals surface area contributed by atoms with Crippen LogP contribution in [0.4, 0.5) is 0 Å². The van der Waals surface area contributed by atoms with Gasteiger partial charge in [0.25, 0.3) is 0 Å². The summed E-state index contributed by atoms with van der Waals surface area (Å²) in [6.07, 6.45) is 3.44. The van der Waals surface area contributed by atoms with E-state index in [1.807, 2.05) is 12.1 Å². The molecule has 106 valence electrons. The predicted molar refractivity (Wildman–Crippen MR) is 77.9 cm³/mol. The van der Waals surface area contributed by atoms with E-state index in [-0.39, 0.29) is 0 Å². The second kappa shape index (κ2) is 7.13. The van der Waals surface area contributed by atoms with Crippen LogP contribution in [0.5, 0.6) is 5.75 Å². The van der Waals surface area contributed by atoms with Crippen LogP contribution in [0.15, 0.2) is 18.2 Å². The van der Waals surface area contributed by atoms with Crippen molar-refractivity contribution in [1.82, 2.24) is 4.90 Å². The molecule has 0 aliphatic carbocycles. The van der Waals surface area contributed by atoms with Crippen LogP contribution in [0.1, 0.15) is 37.9 Å². The van der Waals surface area contributed by atoms with Crippen LogP contribution < -0.4 is 4.74 Å². The molecule has 0 aromatic heterocycles. The summed E-state index contributed by atoms with van der Waals surface area (Å²) in [5.41, 5.74) is 0.813. The van der Waals surface area contributed by atoms with Crippen LogP contribution in [0, 0.1) is 0 Å². The van der Waals surface area contributed by atoms with Crippen LogP contribution >= 0.6 is 11.6 Å². The molecule has 1 N–H and O–H groups in total. The maximum absolute atomic E-state index is 9.48. The van der Waals surface area contributed by atoms with E-state index in [0.717, 1.165) is 12.1 Å². The van der Waals surface area contributed by atoms with Crippen molar-refractivity contribution in [1.29, 1.82) is 0 Å². The summed E-state index contributed by atoms with van der Waals surface area (Å²) in [7, 11) is 0. The number of halogens is 1. The fraction of sp³-hybridized carbons (Fsp3) is 0.600. The van der Waals surface area contributed by atoms with E-state index < -0.39 is 6.10 Å². The smallest absolute Gasteiger partial charge is 0.137 e. The number of hydrogen-bond acceptors (Lipinski definition) is 3. The Labute approximate surface area is 120 Å². The second-order valence-corrected chi connectivity index (χ2v) is 5.52. The lowest BCUT2D eigenvalue weighted by atomic mass is 10.1. The molecule has 1 saturated heterocycles. The second-order valence-electron chi connectivity index (χ2n) is 5.12. The Kier molecular flexibility index (Phi) is 5.49. The Morgan fingerprint density at radius 1 is 1.32 bits per heavy atom. The molecule has 1 aromatic rings. The van der Waals surface area contributed by atoms with Crippen molar-refractivity contribution in [3.05, 3.63) is 28.8 Å².